The lowest BCUT2D eigenvalue weighted by Crippen LogP contribution is -2.46. The van der Waals surface area contributed by atoms with E-state index in [-0.39, 0.29) is 17.2 Å². The van der Waals surface area contributed by atoms with Crippen molar-refractivity contribution in [3.05, 3.63) is 76.0 Å². The summed E-state index contributed by atoms with van der Waals surface area (Å²) in [7, 11) is 1.86. The van der Waals surface area contributed by atoms with Crippen molar-refractivity contribution in [3.63, 3.8) is 0 Å². The molecule has 0 unspecified atom stereocenters. The molecule has 39 heavy (non-hydrogen) atoms. The highest BCUT2D eigenvalue weighted by atomic mass is 32.1. The fourth-order valence-electron chi connectivity index (χ4n) is 5.60. The number of aromatic nitrogens is 2. The van der Waals surface area contributed by atoms with Gasteiger partial charge in [-0.1, -0.05) is 12.1 Å². The molecule has 5 rings (SSSR count). The number of aryl methyl sites for hydroxylation is 1. The largest absolute Gasteiger partial charge is 0.492 e. The van der Waals surface area contributed by atoms with E-state index in [2.05, 4.69) is 14.9 Å². The van der Waals surface area contributed by atoms with E-state index in [1.165, 1.54) is 0 Å². The number of carbonyl (C=O) groups is 2. The van der Waals surface area contributed by atoms with E-state index in [0.717, 1.165) is 56.0 Å². The molecule has 2 aliphatic heterocycles. The maximum absolute atomic E-state index is 13.4. The Balaban J connectivity index is 1.35. The van der Waals surface area contributed by atoms with Crippen molar-refractivity contribution in [3.8, 4) is 5.75 Å². The van der Waals surface area contributed by atoms with Gasteiger partial charge in [-0.25, -0.2) is 4.98 Å². The second kappa shape index (κ2) is 12.3. The Morgan fingerprint density at radius 2 is 1.82 bits per heavy atom. The van der Waals surface area contributed by atoms with Crippen LogP contribution in [-0.4, -0.2) is 82.9 Å². The summed E-state index contributed by atoms with van der Waals surface area (Å²) in [6.07, 6.45) is 7.31. The second-order valence-corrected chi connectivity index (χ2v) is 11.7. The van der Waals surface area contributed by atoms with Crippen molar-refractivity contribution in [2.45, 2.75) is 39.2 Å². The number of nitrogens with zero attached hydrogens (tertiary/aromatic N) is 5. The number of likely N-dealkylation sites (N-methyl/N-ethyl adjacent to an activating group) is 1. The lowest BCUT2D eigenvalue weighted by molar-refractivity contribution is 0.0348. The van der Waals surface area contributed by atoms with Crippen molar-refractivity contribution < 1.29 is 14.3 Å². The van der Waals surface area contributed by atoms with Gasteiger partial charge >= 0.3 is 0 Å². The first kappa shape index (κ1) is 27.3. The Morgan fingerprint density at radius 1 is 1.00 bits per heavy atom. The number of ether oxygens (including phenoxy) is 1. The third-order valence-corrected chi connectivity index (χ3v) is 8.89. The second-order valence-electron chi connectivity index (χ2n) is 10.7. The van der Waals surface area contributed by atoms with Crippen molar-refractivity contribution >= 4 is 23.2 Å². The van der Waals surface area contributed by atoms with E-state index in [4.69, 9.17) is 4.74 Å². The van der Waals surface area contributed by atoms with Gasteiger partial charge in [-0.3, -0.25) is 19.5 Å². The van der Waals surface area contributed by atoms with Gasteiger partial charge in [0.15, 0.2) is 0 Å². The van der Waals surface area contributed by atoms with E-state index in [9.17, 15) is 9.59 Å². The minimum Gasteiger partial charge on any atom is -0.492 e. The van der Waals surface area contributed by atoms with Gasteiger partial charge in [0, 0.05) is 62.1 Å². The fraction of sp³-hybridized carbons (Fsp3) is 0.467. The Morgan fingerprint density at radius 3 is 2.59 bits per heavy atom. The molecule has 0 saturated carbocycles. The minimum atomic E-state index is -0.0657. The van der Waals surface area contributed by atoms with Gasteiger partial charge in [0.1, 0.15) is 10.8 Å². The number of para-hydroxylation sites is 1. The lowest BCUT2D eigenvalue weighted by atomic mass is 9.75. The number of fused-ring (bicyclic) bond motifs is 1. The maximum atomic E-state index is 13.4. The predicted octanol–water partition coefficient (Wildman–Crippen LogP) is 4.52. The molecule has 3 aromatic rings. The number of amides is 2. The number of carbonyl (C=O) groups excluding carboxylic acids is 2. The molecule has 206 valence electrons. The highest BCUT2D eigenvalue weighted by molar-refractivity contribution is 7.09. The fourth-order valence-corrected chi connectivity index (χ4v) is 6.26. The number of hydrogen-bond acceptors (Lipinski definition) is 7. The van der Waals surface area contributed by atoms with Gasteiger partial charge in [0.05, 0.1) is 24.3 Å². The Kier molecular flexibility index (Phi) is 8.57. The first-order valence-electron chi connectivity index (χ1n) is 13.7. The molecule has 2 aliphatic rings. The average Bonchev–Trinajstić information content (AvgIpc) is 3.47. The van der Waals surface area contributed by atoms with Gasteiger partial charge < -0.3 is 14.5 Å². The Bertz CT molecular complexity index is 1270. The van der Waals surface area contributed by atoms with Crippen LogP contribution in [0, 0.1) is 12.3 Å². The van der Waals surface area contributed by atoms with Crippen LogP contribution in [0.4, 0.5) is 0 Å². The van der Waals surface area contributed by atoms with Crippen LogP contribution in [0.3, 0.4) is 0 Å². The molecule has 2 aromatic heterocycles. The van der Waals surface area contributed by atoms with Crippen LogP contribution in [0.2, 0.25) is 0 Å². The molecule has 1 spiro atoms. The van der Waals surface area contributed by atoms with Crippen LogP contribution in [-0.2, 0) is 6.54 Å². The van der Waals surface area contributed by atoms with Gasteiger partial charge in [-0.15, -0.1) is 11.3 Å². The van der Waals surface area contributed by atoms with Crippen LogP contribution in [0.1, 0.15) is 57.1 Å². The molecular formula is C30H37N5O3S. The van der Waals surface area contributed by atoms with Gasteiger partial charge in [0.2, 0.25) is 0 Å². The van der Waals surface area contributed by atoms with Crippen LogP contribution in [0.25, 0.3) is 0 Å². The number of likely N-dealkylation sites (tertiary alicyclic amines) is 1. The predicted molar refractivity (Wildman–Crippen MR) is 152 cm³/mol. The molecule has 1 saturated heterocycles. The molecule has 0 N–H and O–H groups in total. The number of piperidine rings is 1. The van der Waals surface area contributed by atoms with Gasteiger partial charge in [-0.2, -0.15) is 0 Å². The summed E-state index contributed by atoms with van der Waals surface area (Å²) >= 11 is 1.67. The van der Waals surface area contributed by atoms with E-state index in [1.807, 2.05) is 66.8 Å². The topological polar surface area (TPSA) is 78.9 Å². The van der Waals surface area contributed by atoms with Crippen molar-refractivity contribution in [1.82, 2.24) is 24.7 Å². The SMILES string of the molecule is Cc1ncccc1C(=O)N1CCC2(CCCN(Cc3nccs3)CCN(C)C(=O)c3ccccc3OC2)CC1. The number of thiazole rings is 1. The number of hydrogen-bond donors (Lipinski definition) is 0. The van der Waals surface area contributed by atoms with E-state index >= 15 is 0 Å². The monoisotopic (exact) mass is 547 g/mol. The number of pyridine rings is 1. The molecule has 0 atom stereocenters. The summed E-state index contributed by atoms with van der Waals surface area (Å²) in [5.41, 5.74) is 1.97. The highest BCUT2D eigenvalue weighted by Crippen LogP contribution is 2.38. The van der Waals surface area contributed by atoms with Gasteiger partial charge in [0.25, 0.3) is 11.8 Å². The summed E-state index contributed by atoms with van der Waals surface area (Å²) in [5, 5.41) is 3.10. The summed E-state index contributed by atoms with van der Waals surface area (Å²) in [6, 6.07) is 11.2. The van der Waals surface area contributed by atoms with Crippen molar-refractivity contribution in [2.24, 2.45) is 5.41 Å². The first-order chi connectivity index (χ1) is 18.9. The first-order valence-corrected chi connectivity index (χ1v) is 14.6. The Hall–Kier alpha value is -3.30. The third kappa shape index (κ3) is 6.47. The normalized spacial score (nSPS) is 19.0. The van der Waals surface area contributed by atoms with Crippen molar-refractivity contribution in [2.75, 3.05) is 46.4 Å². The van der Waals surface area contributed by atoms with Crippen LogP contribution in [0.5, 0.6) is 5.75 Å². The van der Waals surface area contributed by atoms with E-state index in [1.54, 1.807) is 22.4 Å². The Labute approximate surface area is 234 Å². The summed E-state index contributed by atoms with van der Waals surface area (Å²) < 4.78 is 6.44. The molecule has 0 radical (unpaired) electrons. The lowest BCUT2D eigenvalue weighted by Gasteiger charge is -2.42. The summed E-state index contributed by atoms with van der Waals surface area (Å²) in [5.74, 6) is 0.659. The standard InChI is InChI=1S/C30H37N5O3S/c1-23-24(8-5-13-31-23)29(37)35-16-11-30(12-17-35)10-6-15-34(21-27-32-14-20-39-27)19-18-33(2)28(36)25-7-3-4-9-26(25)38-22-30/h3-5,7-9,13-14,20H,6,10-12,15-19,21-22H2,1-2H3. The smallest absolute Gasteiger partial charge is 0.257 e. The molecular weight excluding hydrogens is 510 g/mol. The zero-order valence-electron chi connectivity index (χ0n) is 22.8. The zero-order chi connectivity index (χ0) is 27.2. The van der Waals surface area contributed by atoms with E-state index < -0.39 is 0 Å². The maximum Gasteiger partial charge on any atom is 0.257 e. The third-order valence-electron chi connectivity index (χ3n) is 8.12. The zero-order valence-corrected chi connectivity index (χ0v) is 23.7. The molecule has 0 bridgehead atoms. The summed E-state index contributed by atoms with van der Waals surface area (Å²) in [4.78, 5) is 41.6. The summed E-state index contributed by atoms with van der Waals surface area (Å²) in [6.45, 7) is 6.90. The quantitative estimate of drug-likeness (QED) is 0.480. The van der Waals surface area contributed by atoms with Crippen LogP contribution < -0.4 is 4.74 Å². The van der Waals surface area contributed by atoms with Crippen LogP contribution >= 0.6 is 11.3 Å². The molecule has 0 aliphatic carbocycles. The highest BCUT2D eigenvalue weighted by Gasteiger charge is 2.37. The molecule has 8 nitrogen and oxygen atoms in total. The number of benzene rings is 1. The van der Waals surface area contributed by atoms with Gasteiger partial charge in [-0.05, 0) is 63.4 Å². The molecule has 9 heteroatoms. The molecule has 2 amide bonds. The minimum absolute atomic E-state index is 0.0275. The molecule has 1 fully saturated rings. The molecule has 1 aromatic carbocycles. The van der Waals surface area contributed by atoms with Crippen LogP contribution in [0.15, 0.2) is 54.2 Å². The number of rotatable bonds is 3. The average molecular weight is 548 g/mol. The van der Waals surface area contributed by atoms with E-state index in [0.29, 0.717) is 43.1 Å². The molecule has 4 heterocycles. The van der Waals surface area contributed by atoms with Crippen molar-refractivity contribution in [1.29, 1.82) is 0 Å².